The fourth-order valence-electron chi connectivity index (χ4n) is 1.02. The summed E-state index contributed by atoms with van der Waals surface area (Å²) in [7, 11) is 2.01. The number of nitrogens with zero attached hydrogens (tertiary/aromatic N) is 2. The number of alkyl halides is 1. The summed E-state index contributed by atoms with van der Waals surface area (Å²) in [5, 5.41) is 1.07. The number of thioether (sulfide) groups is 2. The molecule has 0 aliphatic carbocycles. The molecular weight excluding hydrogens is 236 g/mol. The van der Waals surface area contributed by atoms with Crippen molar-refractivity contribution in [3.63, 3.8) is 0 Å². The molecule has 0 bridgehead atoms. The molecule has 0 amide bonds. The Hall–Kier alpha value is 0.200. The zero-order valence-electron chi connectivity index (χ0n) is 8.49. The Morgan fingerprint density at radius 1 is 1.50 bits per heavy atom. The third-order valence-electron chi connectivity index (χ3n) is 1.84. The van der Waals surface area contributed by atoms with Crippen LogP contribution in [0.15, 0.2) is 11.4 Å². The van der Waals surface area contributed by atoms with E-state index in [2.05, 4.69) is 16.5 Å². The SMILES string of the molecule is CCSCCSc1ncc(CCl)n1C. The molecule has 14 heavy (non-hydrogen) atoms. The molecule has 0 unspecified atom stereocenters. The predicted octanol–water partition coefficient (Wildman–Crippen LogP) is 3.00. The van der Waals surface area contributed by atoms with Crippen molar-refractivity contribution in [2.45, 2.75) is 18.0 Å². The molecule has 0 saturated heterocycles. The Kier molecular flexibility index (Phi) is 5.82. The van der Waals surface area contributed by atoms with Crippen molar-refractivity contribution in [2.75, 3.05) is 17.3 Å². The summed E-state index contributed by atoms with van der Waals surface area (Å²) in [5.41, 5.74) is 1.08. The summed E-state index contributed by atoms with van der Waals surface area (Å²) in [4.78, 5) is 4.32. The van der Waals surface area contributed by atoms with Crippen LogP contribution in [0, 0.1) is 0 Å². The minimum Gasteiger partial charge on any atom is -0.325 e. The topological polar surface area (TPSA) is 17.8 Å². The molecule has 0 aliphatic heterocycles. The highest BCUT2D eigenvalue weighted by atomic mass is 35.5. The summed E-state index contributed by atoms with van der Waals surface area (Å²) < 4.78 is 2.06. The molecular formula is C9H15ClN2S2. The Morgan fingerprint density at radius 3 is 2.86 bits per heavy atom. The number of imidazole rings is 1. The van der Waals surface area contributed by atoms with Gasteiger partial charge < -0.3 is 4.57 Å². The van der Waals surface area contributed by atoms with Gasteiger partial charge in [0.05, 0.1) is 17.8 Å². The van der Waals surface area contributed by atoms with Gasteiger partial charge in [0.2, 0.25) is 0 Å². The summed E-state index contributed by atoms with van der Waals surface area (Å²) in [6.45, 7) is 2.18. The first-order chi connectivity index (χ1) is 6.79. The second-order valence-electron chi connectivity index (χ2n) is 2.77. The van der Waals surface area contributed by atoms with Gasteiger partial charge in [-0.25, -0.2) is 4.98 Å². The van der Waals surface area contributed by atoms with Gasteiger partial charge in [-0.15, -0.1) is 11.6 Å². The Bertz CT molecular complexity index is 276. The normalized spacial score (nSPS) is 10.8. The van der Waals surface area contributed by atoms with E-state index in [0.717, 1.165) is 16.6 Å². The number of halogens is 1. The molecule has 0 aromatic carbocycles. The molecule has 80 valence electrons. The van der Waals surface area contributed by atoms with E-state index in [9.17, 15) is 0 Å². The van der Waals surface area contributed by atoms with Crippen molar-refractivity contribution in [3.8, 4) is 0 Å². The van der Waals surface area contributed by atoms with Crippen LogP contribution in [0.2, 0.25) is 0 Å². The lowest BCUT2D eigenvalue weighted by Gasteiger charge is -2.02. The van der Waals surface area contributed by atoms with E-state index in [0.29, 0.717) is 5.88 Å². The van der Waals surface area contributed by atoms with Crippen molar-refractivity contribution in [3.05, 3.63) is 11.9 Å². The lowest BCUT2D eigenvalue weighted by Crippen LogP contribution is -1.96. The predicted molar refractivity (Wildman–Crippen MR) is 66.5 cm³/mol. The summed E-state index contributed by atoms with van der Waals surface area (Å²) in [5.74, 6) is 4.02. The minimum atomic E-state index is 0.535. The average Bonchev–Trinajstić information content (AvgIpc) is 2.55. The summed E-state index contributed by atoms with van der Waals surface area (Å²) >= 11 is 9.51. The molecule has 0 atom stereocenters. The highest BCUT2D eigenvalue weighted by Gasteiger charge is 2.05. The average molecular weight is 251 g/mol. The van der Waals surface area contributed by atoms with E-state index in [-0.39, 0.29) is 0 Å². The van der Waals surface area contributed by atoms with Crippen molar-refractivity contribution in [1.29, 1.82) is 0 Å². The third-order valence-corrected chi connectivity index (χ3v) is 4.32. The van der Waals surface area contributed by atoms with Gasteiger partial charge in [-0.05, 0) is 5.75 Å². The number of aromatic nitrogens is 2. The lowest BCUT2D eigenvalue weighted by molar-refractivity contribution is 0.761. The Balaban J connectivity index is 2.39. The maximum absolute atomic E-state index is 5.76. The van der Waals surface area contributed by atoms with Crippen LogP contribution in [0.3, 0.4) is 0 Å². The van der Waals surface area contributed by atoms with Gasteiger partial charge in [0.1, 0.15) is 0 Å². The van der Waals surface area contributed by atoms with Gasteiger partial charge in [-0.1, -0.05) is 18.7 Å². The van der Waals surface area contributed by atoms with E-state index in [4.69, 9.17) is 11.6 Å². The zero-order chi connectivity index (χ0) is 10.4. The van der Waals surface area contributed by atoms with Crippen molar-refractivity contribution in [2.24, 2.45) is 7.05 Å². The standard InChI is InChI=1S/C9H15ClN2S2/c1-3-13-4-5-14-9-11-7-8(6-10)12(9)2/h7H,3-6H2,1-2H3. The Morgan fingerprint density at radius 2 is 2.29 bits per heavy atom. The monoisotopic (exact) mass is 250 g/mol. The first kappa shape index (κ1) is 12.3. The quantitative estimate of drug-likeness (QED) is 0.439. The van der Waals surface area contributed by atoms with Gasteiger partial charge in [0.15, 0.2) is 5.16 Å². The van der Waals surface area contributed by atoms with Gasteiger partial charge >= 0.3 is 0 Å². The number of rotatable bonds is 6. The molecule has 5 heteroatoms. The van der Waals surface area contributed by atoms with Gasteiger partial charge in [0, 0.05) is 18.6 Å². The van der Waals surface area contributed by atoms with Crippen LogP contribution in [-0.4, -0.2) is 26.8 Å². The molecule has 0 saturated carbocycles. The number of hydrogen-bond donors (Lipinski definition) is 0. The number of hydrogen-bond acceptors (Lipinski definition) is 3. The zero-order valence-corrected chi connectivity index (χ0v) is 10.9. The van der Waals surface area contributed by atoms with Crippen LogP contribution in [0.5, 0.6) is 0 Å². The Labute approximate surface area is 98.8 Å². The van der Waals surface area contributed by atoms with Crippen LogP contribution in [-0.2, 0) is 12.9 Å². The van der Waals surface area contributed by atoms with Gasteiger partial charge in [-0.3, -0.25) is 0 Å². The molecule has 0 radical (unpaired) electrons. The summed E-state index contributed by atoms with van der Waals surface area (Å²) in [6, 6.07) is 0. The molecule has 2 nitrogen and oxygen atoms in total. The fourth-order valence-corrected chi connectivity index (χ4v) is 2.98. The third kappa shape index (κ3) is 3.41. The van der Waals surface area contributed by atoms with E-state index < -0.39 is 0 Å². The maximum atomic E-state index is 5.76. The van der Waals surface area contributed by atoms with Crippen molar-refractivity contribution in [1.82, 2.24) is 9.55 Å². The van der Waals surface area contributed by atoms with Crippen LogP contribution >= 0.6 is 35.1 Å². The van der Waals surface area contributed by atoms with Crippen molar-refractivity contribution >= 4 is 35.1 Å². The molecule has 0 fully saturated rings. The molecule has 1 aromatic rings. The van der Waals surface area contributed by atoms with Crippen LogP contribution < -0.4 is 0 Å². The maximum Gasteiger partial charge on any atom is 0.167 e. The van der Waals surface area contributed by atoms with Gasteiger partial charge in [-0.2, -0.15) is 11.8 Å². The second-order valence-corrected chi connectivity index (χ2v) is 5.49. The fraction of sp³-hybridized carbons (Fsp3) is 0.667. The first-order valence-corrected chi connectivity index (χ1v) is 7.24. The molecule has 1 heterocycles. The smallest absolute Gasteiger partial charge is 0.167 e. The van der Waals surface area contributed by atoms with Crippen molar-refractivity contribution < 1.29 is 0 Å². The highest BCUT2D eigenvalue weighted by molar-refractivity contribution is 8.02. The molecule has 0 N–H and O–H groups in total. The largest absolute Gasteiger partial charge is 0.325 e. The molecule has 1 aromatic heterocycles. The van der Waals surface area contributed by atoms with Gasteiger partial charge in [0.25, 0.3) is 0 Å². The highest BCUT2D eigenvalue weighted by Crippen LogP contribution is 2.19. The molecule has 1 rings (SSSR count). The summed E-state index contributed by atoms with van der Waals surface area (Å²) in [6.07, 6.45) is 1.85. The molecule has 0 aliphatic rings. The van der Waals surface area contributed by atoms with Crippen LogP contribution in [0.25, 0.3) is 0 Å². The van der Waals surface area contributed by atoms with Crippen LogP contribution in [0.4, 0.5) is 0 Å². The lowest BCUT2D eigenvalue weighted by atomic mass is 10.5. The minimum absolute atomic E-state index is 0.535. The molecule has 0 spiro atoms. The first-order valence-electron chi connectivity index (χ1n) is 4.56. The van der Waals surface area contributed by atoms with E-state index in [1.165, 1.54) is 11.5 Å². The van der Waals surface area contributed by atoms with Crippen LogP contribution in [0.1, 0.15) is 12.6 Å². The van der Waals surface area contributed by atoms with E-state index in [1.54, 1.807) is 11.8 Å². The van der Waals surface area contributed by atoms with E-state index >= 15 is 0 Å². The second kappa shape index (κ2) is 6.64. The van der Waals surface area contributed by atoms with E-state index in [1.807, 2.05) is 25.0 Å².